The summed E-state index contributed by atoms with van der Waals surface area (Å²) in [6, 6.07) is 0.531. The molecule has 2 aromatic heterocycles. The number of aromatic amines is 1. The average molecular weight is 373 g/mol. The molecule has 0 spiro atoms. The van der Waals surface area contributed by atoms with Gasteiger partial charge in [0, 0.05) is 11.9 Å². The first-order chi connectivity index (χ1) is 9.99. The SMILES string of the molecule is O=C(O)C1C(O)CCCN1C(=O)c1cc2scc(Br)c2[nH]1. The van der Waals surface area contributed by atoms with Gasteiger partial charge in [-0.1, -0.05) is 0 Å². The number of aliphatic carboxylic acids is 1. The number of halogens is 1. The summed E-state index contributed by atoms with van der Waals surface area (Å²) in [4.78, 5) is 28.1. The van der Waals surface area contributed by atoms with E-state index < -0.39 is 24.0 Å². The molecule has 0 bridgehead atoms. The molecule has 1 fully saturated rings. The summed E-state index contributed by atoms with van der Waals surface area (Å²) in [5.74, 6) is -1.57. The number of aromatic nitrogens is 1. The zero-order chi connectivity index (χ0) is 15.1. The lowest BCUT2D eigenvalue weighted by molar-refractivity contribution is -0.148. The maximum Gasteiger partial charge on any atom is 0.329 e. The van der Waals surface area contributed by atoms with E-state index in [9.17, 15) is 19.8 Å². The monoisotopic (exact) mass is 372 g/mol. The number of aliphatic hydroxyl groups is 1. The minimum atomic E-state index is -1.18. The molecule has 0 aromatic carbocycles. The molecule has 3 heterocycles. The van der Waals surface area contributed by atoms with E-state index in [-0.39, 0.29) is 0 Å². The Morgan fingerprint density at radius 3 is 2.90 bits per heavy atom. The fourth-order valence-electron chi connectivity index (χ4n) is 2.65. The largest absolute Gasteiger partial charge is 0.480 e. The summed E-state index contributed by atoms with van der Waals surface area (Å²) in [5.41, 5.74) is 1.17. The Bertz CT molecular complexity index is 710. The summed E-state index contributed by atoms with van der Waals surface area (Å²) < 4.78 is 1.80. The minimum Gasteiger partial charge on any atom is -0.480 e. The number of carbonyl (C=O) groups is 2. The van der Waals surface area contributed by atoms with Crippen molar-refractivity contribution in [2.24, 2.45) is 0 Å². The minimum absolute atomic E-state index is 0.334. The van der Waals surface area contributed by atoms with Crippen molar-refractivity contribution in [3.8, 4) is 0 Å². The highest BCUT2D eigenvalue weighted by molar-refractivity contribution is 9.10. The fourth-order valence-corrected chi connectivity index (χ4v) is 4.19. The van der Waals surface area contributed by atoms with Crippen LogP contribution >= 0.6 is 27.3 Å². The Labute approximate surface area is 132 Å². The summed E-state index contributed by atoms with van der Waals surface area (Å²) in [5, 5.41) is 21.0. The van der Waals surface area contributed by atoms with Gasteiger partial charge in [0.15, 0.2) is 6.04 Å². The number of carbonyl (C=O) groups excluding carboxylic acids is 1. The Morgan fingerprint density at radius 2 is 2.24 bits per heavy atom. The quantitative estimate of drug-likeness (QED) is 0.751. The Kier molecular flexibility index (Phi) is 3.76. The number of fused-ring (bicyclic) bond motifs is 1. The van der Waals surface area contributed by atoms with Gasteiger partial charge in [0.1, 0.15) is 5.69 Å². The predicted molar refractivity (Wildman–Crippen MR) is 81.6 cm³/mol. The van der Waals surface area contributed by atoms with Crippen molar-refractivity contribution in [1.29, 1.82) is 0 Å². The molecule has 2 aromatic rings. The molecule has 8 heteroatoms. The van der Waals surface area contributed by atoms with E-state index in [1.807, 2.05) is 5.38 Å². The first-order valence-electron chi connectivity index (χ1n) is 6.46. The van der Waals surface area contributed by atoms with Crippen LogP contribution < -0.4 is 0 Å². The molecule has 21 heavy (non-hydrogen) atoms. The molecule has 1 saturated heterocycles. The number of thiophene rings is 1. The molecular weight excluding hydrogens is 360 g/mol. The zero-order valence-electron chi connectivity index (χ0n) is 10.9. The van der Waals surface area contributed by atoms with Gasteiger partial charge in [-0.2, -0.15) is 0 Å². The third-order valence-electron chi connectivity index (χ3n) is 3.65. The maximum absolute atomic E-state index is 12.5. The average Bonchev–Trinajstić information content (AvgIpc) is 3.00. The standard InChI is InChI=1S/C13H13BrN2O4S/c14-6-5-21-9-4-7(15-10(6)9)12(18)16-3-1-2-8(17)11(16)13(19)20/h4-5,8,11,15,17H,1-3H2,(H,19,20). The number of aliphatic hydroxyl groups excluding tert-OH is 1. The Hall–Kier alpha value is -1.38. The van der Waals surface area contributed by atoms with Crippen LogP contribution in [0.3, 0.4) is 0 Å². The van der Waals surface area contributed by atoms with Crippen molar-refractivity contribution < 1.29 is 19.8 Å². The lowest BCUT2D eigenvalue weighted by Gasteiger charge is -2.36. The van der Waals surface area contributed by atoms with Crippen LogP contribution in [-0.2, 0) is 4.79 Å². The fraction of sp³-hybridized carbons (Fsp3) is 0.385. The van der Waals surface area contributed by atoms with Crippen LogP contribution in [0.2, 0.25) is 0 Å². The van der Waals surface area contributed by atoms with Gasteiger partial charge in [-0.05, 0) is 34.8 Å². The van der Waals surface area contributed by atoms with Crippen molar-refractivity contribution in [2.75, 3.05) is 6.54 Å². The number of carboxylic acids is 1. The predicted octanol–water partition coefficient (Wildman–Crippen LogP) is 2.04. The van der Waals surface area contributed by atoms with Gasteiger partial charge in [0.25, 0.3) is 5.91 Å². The maximum atomic E-state index is 12.5. The normalized spacial score (nSPS) is 22.7. The number of nitrogens with one attached hydrogen (secondary N) is 1. The van der Waals surface area contributed by atoms with Crippen molar-refractivity contribution in [3.05, 3.63) is 21.6 Å². The van der Waals surface area contributed by atoms with E-state index in [4.69, 9.17) is 0 Å². The topological polar surface area (TPSA) is 93.6 Å². The molecule has 1 amide bonds. The van der Waals surface area contributed by atoms with Crippen LogP contribution in [0.4, 0.5) is 0 Å². The smallest absolute Gasteiger partial charge is 0.329 e. The second kappa shape index (κ2) is 5.43. The number of hydrogen-bond donors (Lipinski definition) is 3. The van der Waals surface area contributed by atoms with Crippen molar-refractivity contribution in [1.82, 2.24) is 9.88 Å². The van der Waals surface area contributed by atoms with Crippen molar-refractivity contribution in [3.63, 3.8) is 0 Å². The van der Waals surface area contributed by atoms with Crippen LogP contribution in [0, 0.1) is 0 Å². The number of nitrogens with zero attached hydrogens (tertiary/aromatic N) is 1. The lowest BCUT2D eigenvalue weighted by atomic mass is 9.98. The highest BCUT2D eigenvalue weighted by Gasteiger charge is 2.39. The van der Waals surface area contributed by atoms with Crippen molar-refractivity contribution in [2.45, 2.75) is 25.0 Å². The van der Waals surface area contributed by atoms with Crippen molar-refractivity contribution >= 4 is 49.4 Å². The number of carboxylic acid groups (broad SMARTS) is 1. The van der Waals surface area contributed by atoms with Gasteiger partial charge >= 0.3 is 5.97 Å². The molecule has 3 N–H and O–H groups in total. The zero-order valence-corrected chi connectivity index (χ0v) is 13.3. The molecule has 3 rings (SSSR count). The molecule has 0 saturated carbocycles. The number of amides is 1. The van der Waals surface area contributed by atoms with Crippen LogP contribution in [-0.4, -0.2) is 50.7 Å². The summed E-state index contributed by atoms with van der Waals surface area (Å²) in [6.07, 6.45) is -0.0373. The van der Waals surface area contributed by atoms with E-state index in [1.54, 1.807) is 6.07 Å². The molecule has 1 aliphatic heterocycles. The summed E-state index contributed by atoms with van der Waals surface area (Å²) in [6.45, 7) is 0.334. The first kappa shape index (κ1) is 14.6. The highest BCUT2D eigenvalue weighted by Crippen LogP contribution is 2.31. The second-order valence-corrected chi connectivity index (χ2v) is 6.76. The van der Waals surface area contributed by atoms with E-state index in [1.165, 1.54) is 16.2 Å². The molecule has 1 aliphatic rings. The van der Waals surface area contributed by atoms with Gasteiger partial charge < -0.3 is 20.1 Å². The number of H-pyrrole nitrogens is 1. The molecule has 2 atom stereocenters. The van der Waals surface area contributed by atoms with Crippen LogP contribution in [0.5, 0.6) is 0 Å². The number of hydrogen-bond acceptors (Lipinski definition) is 4. The van der Waals surface area contributed by atoms with Gasteiger partial charge in [-0.25, -0.2) is 4.79 Å². The summed E-state index contributed by atoms with van der Waals surface area (Å²) in [7, 11) is 0. The number of piperidine rings is 1. The molecule has 6 nitrogen and oxygen atoms in total. The Morgan fingerprint density at radius 1 is 1.48 bits per heavy atom. The van der Waals surface area contributed by atoms with Crippen LogP contribution in [0.15, 0.2) is 15.9 Å². The molecule has 112 valence electrons. The number of rotatable bonds is 2. The third-order valence-corrected chi connectivity index (χ3v) is 5.51. The van der Waals surface area contributed by atoms with Gasteiger partial charge in [0.2, 0.25) is 0 Å². The van der Waals surface area contributed by atoms with E-state index >= 15 is 0 Å². The third kappa shape index (κ3) is 2.47. The van der Waals surface area contributed by atoms with E-state index in [0.29, 0.717) is 25.1 Å². The molecule has 0 aliphatic carbocycles. The van der Waals surface area contributed by atoms with Gasteiger partial charge in [-0.3, -0.25) is 4.79 Å². The molecule has 0 radical (unpaired) electrons. The lowest BCUT2D eigenvalue weighted by Crippen LogP contribution is -2.55. The number of likely N-dealkylation sites (tertiary alicyclic amines) is 1. The Balaban J connectivity index is 1.93. The van der Waals surface area contributed by atoms with Gasteiger partial charge in [0.05, 0.1) is 20.8 Å². The van der Waals surface area contributed by atoms with Gasteiger partial charge in [-0.15, -0.1) is 11.3 Å². The highest BCUT2D eigenvalue weighted by atomic mass is 79.9. The van der Waals surface area contributed by atoms with Crippen LogP contribution in [0.25, 0.3) is 10.2 Å². The molecule has 2 unspecified atom stereocenters. The van der Waals surface area contributed by atoms with E-state index in [0.717, 1.165) is 14.7 Å². The molecular formula is C13H13BrN2O4S. The first-order valence-corrected chi connectivity index (χ1v) is 8.14. The van der Waals surface area contributed by atoms with E-state index in [2.05, 4.69) is 20.9 Å². The summed E-state index contributed by atoms with van der Waals surface area (Å²) >= 11 is 4.88. The second-order valence-electron chi connectivity index (χ2n) is 5.00. The van der Waals surface area contributed by atoms with Crippen LogP contribution in [0.1, 0.15) is 23.3 Å².